The number of ether oxygens (including phenoxy) is 1. The van der Waals surface area contributed by atoms with Gasteiger partial charge in [0.05, 0.1) is 5.75 Å². The zero-order valence-electron chi connectivity index (χ0n) is 9.57. The van der Waals surface area contributed by atoms with E-state index in [-0.39, 0.29) is 11.1 Å². The minimum Gasteiger partial charge on any atom is -0.385 e. The van der Waals surface area contributed by atoms with Crippen molar-refractivity contribution in [2.45, 2.75) is 25.1 Å². The van der Waals surface area contributed by atoms with Gasteiger partial charge in [-0.25, -0.2) is 12.7 Å². The standard InChI is InChI=1S/C9H20ClNO3S/c1-9(10)5-6-11(2)15(12,13)8-4-7-14-3/h9H,4-8H2,1-3H3. The van der Waals surface area contributed by atoms with Gasteiger partial charge in [0.1, 0.15) is 0 Å². The van der Waals surface area contributed by atoms with Crippen LogP contribution in [0, 0.1) is 0 Å². The maximum absolute atomic E-state index is 11.6. The Hall–Kier alpha value is 0.160. The Morgan fingerprint density at radius 3 is 2.53 bits per heavy atom. The SMILES string of the molecule is COCCCS(=O)(=O)N(C)CCC(C)Cl. The van der Waals surface area contributed by atoms with E-state index in [9.17, 15) is 8.42 Å². The molecule has 0 saturated carbocycles. The van der Waals surface area contributed by atoms with Gasteiger partial charge in [-0.3, -0.25) is 0 Å². The second-order valence-corrected chi connectivity index (χ2v) is 6.49. The van der Waals surface area contributed by atoms with Gasteiger partial charge < -0.3 is 4.74 Å². The third kappa shape index (κ3) is 7.11. The van der Waals surface area contributed by atoms with Gasteiger partial charge in [-0.15, -0.1) is 11.6 Å². The molecule has 0 aliphatic heterocycles. The van der Waals surface area contributed by atoms with Gasteiger partial charge >= 0.3 is 0 Å². The molecular formula is C9H20ClNO3S. The molecule has 0 fully saturated rings. The Kier molecular flexibility index (Phi) is 7.52. The zero-order chi connectivity index (χ0) is 11.9. The van der Waals surface area contributed by atoms with Gasteiger partial charge in [0, 0.05) is 32.7 Å². The van der Waals surface area contributed by atoms with E-state index in [0.29, 0.717) is 26.0 Å². The summed E-state index contributed by atoms with van der Waals surface area (Å²) in [4.78, 5) is 0. The average molecular weight is 258 g/mol. The second-order valence-electron chi connectivity index (χ2n) is 3.55. The molecule has 0 radical (unpaired) electrons. The lowest BCUT2D eigenvalue weighted by Crippen LogP contribution is -2.31. The smallest absolute Gasteiger partial charge is 0.213 e. The van der Waals surface area contributed by atoms with E-state index in [4.69, 9.17) is 16.3 Å². The fourth-order valence-electron chi connectivity index (χ4n) is 1.04. The second kappa shape index (κ2) is 7.44. The topological polar surface area (TPSA) is 46.6 Å². The fraction of sp³-hybridized carbons (Fsp3) is 1.00. The summed E-state index contributed by atoms with van der Waals surface area (Å²) in [7, 11) is 0.0122. The molecule has 0 aliphatic rings. The van der Waals surface area contributed by atoms with E-state index >= 15 is 0 Å². The Morgan fingerprint density at radius 1 is 1.47 bits per heavy atom. The number of methoxy groups -OCH3 is 1. The van der Waals surface area contributed by atoms with E-state index < -0.39 is 10.0 Å². The molecule has 0 spiro atoms. The van der Waals surface area contributed by atoms with Crippen molar-refractivity contribution in [3.63, 3.8) is 0 Å². The molecule has 6 heteroatoms. The van der Waals surface area contributed by atoms with Gasteiger partial charge in [-0.2, -0.15) is 0 Å². The molecule has 92 valence electrons. The summed E-state index contributed by atoms with van der Waals surface area (Å²) in [6, 6.07) is 0. The van der Waals surface area contributed by atoms with Crippen LogP contribution in [0.1, 0.15) is 19.8 Å². The van der Waals surface area contributed by atoms with Crippen molar-refractivity contribution >= 4 is 21.6 Å². The van der Waals surface area contributed by atoms with Crippen LogP contribution >= 0.6 is 11.6 Å². The van der Waals surface area contributed by atoms with Crippen LogP contribution < -0.4 is 0 Å². The summed E-state index contributed by atoms with van der Waals surface area (Å²) in [5.41, 5.74) is 0. The first-order valence-corrected chi connectivity index (χ1v) is 7.01. The Morgan fingerprint density at radius 2 is 2.07 bits per heavy atom. The molecule has 0 heterocycles. The average Bonchev–Trinajstić information content (AvgIpc) is 2.14. The van der Waals surface area contributed by atoms with Gasteiger partial charge in [-0.05, 0) is 19.8 Å². The van der Waals surface area contributed by atoms with Crippen molar-refractivity contribution < 1.29 is 13.2 Å². The molecule has 0 rings (SSSR count). The van der Waals surface area contributed by atoms with Gasteiger partial charge in [0.15, 0.2) is 0 Å². The van der Waals surface area contributed by atoms with E-state index in [0.717, 1.165) is 0 Å². The molecule has 0 bridgehead atoms. The minimum absolute atomic E-state index is 0.00150. The van der Waals surface area contributed by atoms with Crippen molar-refractivity contribution in [2.75, 3.05) is 33.1 Å². The molecule has 15 heavy (non-hydrogen) atoms. The summed E-state index contributed by atoms with van der Waals surface area (Å²) in [6.45, 7) is 2.80. The maximum Gasteiger partial charge on any atom is 0.213 e. The van der Waals surface area contributed by atoms with Crippen LogP contribution in [0.2, 0.25) is 0 Å². The summed E-state index contributed by atoms with van der Waals surface area (Å²) >= 11 is 5.76. The van der Waals surface area contributed by atoms with Crippen LogP contribution in [0.5, 0.6) is 0 Å². The number of hydrogen-bond acceptors (Lipinski definition) is 3. The fourth-order valence-corrected chi connectivity index (χ4v) is 2.32. The minimum atomic E-state index is -3.13. The first-order valence-electron chi connectivity index (χ1n) is 4.97. The van der Waals surface area contributed by atoms with Crippen molar-refractivity contribution in [1.82, 2.24) is 4.31 Å². The Bertz CT molecular complexity index is 254. The van der Waals surface area contributed by atoms with E-state index in [1.807, 2.05) is 6.92 Å². The lowest BCUT2D eigenvalue weighted by Gasteiger charge is -2.17. The largest absolute Gasteiger partial charge is 0.385 e. The Labute approximate surface area is 97.6 Å². The number of nitrogens with zero attached hydrogens (tertiary/aromatic N) is 1. The lowest BCUT2D eigenvalue weighted by molar-refractivity contribution is 0.199. The van der Waals surface area contributed by atoms with Crippen LogP contribution in [-0.2, 0) is 14.8 Å². The lowest BCUT2D eigenvalue weighted by atomic mass is 10.3. The molecule has 0 aliphatic carbocycles. The Balaban J connectivity index is 3.97. The number of rotatable bonds is 8. The molecular weight excluding hydrogens is 238 g/mol. The quantitative estimate of drug-likeness (QED) is 0.487. The maximum atomic E-state index is 11.6. The molecule has 0 amide bonds. The van der Waals surface area contributed by atoms with Crippen LogP contribution in [0.4, 0.5) is 0 Å². The van der Waals surface area contributed by atoms with Crippen molar-refractivity contribution in [3.05, 3.63) is 0 Å². The monoisotopic (exact) mass is 257 g/mol. The summed E-state index contributed by atoms with van der Waals surface area (Å²) in [5.74, 6) is 0.133. The first-order chi connectivity index (χ1) is 6.90. The number of hydrogen-bond donors (Lipinski definition) is 0. The predicted octanol–water partition coefficient (Wildman–Crippen LogP) is 1.30. The van der Waals surface area contributed by atoms with Crippen LogP contribution in [0.3, 0.4) is 0 Å². The molecule has 0 aromatic heterocycles. The summed E-state index contributed by atoms with van der Waals surface area (Å²) < 4.78 is 29.5. The highest BCUT2D eigenvalue weighted by molar-refractivity contribution is 7.89. The van der Waals surface area contributed by atoms with Gasteiger partial charge in [-0.1, -0.05) is 0 Å². The molecule has 4 nitrogen and oxygen atoms in total. The van der Waals surface area contributed by atoms with E-state index in [1.54, 1.807) is 14.2 Å². The molecule has 0 aromatic carbocycles. The van der Waals surface area contributed by atoms with Crippen molar-refractivity contribution in [1.29, 1.82) is 0 Å². The zero-order valence-corrected chi connectivity index (χ0v) is 11.1. The predicted molar refractivity (Wildman–Crippen MR) is 62.8 cm³/mol. The van der Waals surface area contributed by atoms with Crippen molar-refractivity contribution in [2.24, 2.45) is 0 Å². The molecule has 0 saturated heterocycles. The van der Waals surface area contributed by atoms with Crippen LogP contribution in [-0.4, -0.2) is 51.2 Å². The molecule has 0 N–H and O–H groups in total. The number of sulfonamides is 1. The van der Waals surface area contributed by atoms with Crippen LogP contribution in [0.25, 0.3) is 0 Å². The summed E-state index contributed by atoms with van der Waals surface area (Å²) in [5, 5.41) is 0.00150. The third-order valence-corrected chi connectivity index (χ3v) is 4.22. The number of halogens is 1. The van der Waals surface area contributed by atoms with E-state index in [1.165, 1.54) is 4.31 Å². The molecule has 0 aromatic rings. The molecule has 1 unspecified atom stereocenters. The van der Waals surface area contributed by atoms with E-state index in [2.05, 4.69) is 0 Å². The third-order valence-electron chi connectivity index (χ3n) is 2.07. The highest BCUT2D eigenvalue weighted by atomic mass is 35.5. The van der Waals surface area contributed by atoms with Crippen LogP contribution in [0.15, 0.2) is 0 Å². The summed E-state index contributed by atoms with van der Waals surface area (Å²) in [6.07, 6.45) is 1.20. The van der Waals surface area contributed by atoms with Crippen molar-refractivity contribution in [3.8, 4) is 0 Å². The molecule has 1 atom stereocenters. The van der Waals surface area contributed by atoms with Gasteiger partial charge in [0.2, 0.25) is 10.0 Å². The highest BCUT2D eigenvalue weighted by Crippen LogP contribution is 2.06. The number of alkyl halides is 1. The van der Waals surface area contributed by atoms with Gasteiger partial charge in [0.25, 0.3) is 0 Å². The highest BCUT2D eigenvalue weighted by Gasteiger charge is 2.17. The first kappa shape index (κ1) is 15.2. The normalized spacial score (nSPS) is 14.5.